The van der Waals surface area contributed by atoms with Crippen molar-refractivity contribution in [1.82, 2.24) is 14.9 Å². The summed E-state index contributed by atoms with van der Waals surface area (Å²) in [4.78, 5) is 11.1. The smallest absolute Gasteiger partial charge is 0.223 e. The largest absolute Gasteiger partial charge is 0.388 e. The third-order valence-electron chi connectivity index (χ3n) is 2.74. The lowest BCUT2D eigenvalue weighted by molar-refractivity contribution is 0.284. The first-order valence-corrected chi connectivity index (χ1v) is 6.40. The number of nitrogens with two attached hydrogens (primary N) is 1. The van der Waals surface area contributed by atoms with Crippen molar-refractivity contribution in [3.05, 3.63) is 17.5 Å². The molecule has 18 heavy (non-hydrogen) atoms. The summed E-state index contributed by atoms with van der Waals surface area (Å²) >= 11 is 4.92. The Balaban J connectivity index is 2.60. The highest BCUT2D eigenvalue weighted by molar-refractivity contribution is 7.80. The van der Waals surface area contributed by atoms with Gasteiger partial charge in [-0.2, -0.15) is 0 Å². The van der Waals surface area contributed by atoms with E-state index in [2.05, 4.69) is 41.1 Å². The number of thiocarbonyl (C=S) groups is 1. The zero-order valence-electron chi connectivity index (χ0n) is 11.4. The molecule has 0 aliphatic rings. The molecule has 0 bridgehead atoms. The van der Waals surface area contributed by atoms with E-state index in [4.69, 9.17) is 18.0 Å². The second-order valence-electron chi connectivity index (χ2n) is 4.58. The van der Waals surface area contributed by atoms with E-state index in [-0.39, 0.29) is 0 Å². The van der Waals surface area contributed by atoms with Crippen molar-refractivity contribution in [2.45, 2.75) is 26.8 Å². The third kappa shape index (κ3) is 4.54. The van der Waals surface area contributed by atoms with E-state index < -0.39 is 0 Å². The molecule has 0 atom stereocenters. The van der Waals surface area contributed by atoms with Crippen LogP contribution in [0.2, 0.25) is 0 Å². The van der Waals surface area contributed by atoms with E-state index in [0.29, 0.717) is 22.7 Å². The summed E-state index contributed by atoms with van der Waals surface area (Å²) in [5.41, 5.74) is 7.04. The van der Waals surface area contributed by atoms with Crippen molar-refractivity contribution in [3.8, 4) is 0 Å². The fourth-order valence-electron chi connectivity index (χ4n) is 1.38. The van der Waals surface area contributed by atoms with E-state index in [1.807, 2.05) is 6.92 Å². The van der Waals surface area contributed by atoms with Gasteiger partial charge in [-0.25, -0.2) is 9.97 Å². The molecule has 3 N–H and O–H groups in total. The van der Waals surface area contributed by atoms with Crippen molar-refractivity contribution >= 4 is 23.2 Å². The van der Waals surface area contributed by atoms with Gasteiger partial charge in [-0.3, -0.25) is 0 Å². The highest BCUT2D eigenvalue weighted by atomic mass is 32.1. The number of rotatable bonds is 6. The summed E-state index contributed by atoms with van der Waals surface area (Å²) in [6.07, 6.45) is 0. The molecule has 0 amide bonds. The van der Waals surface area contributed by atoms with Gasteiger partial charge in [0, 0.05) is 24.8 Å². The van der Waals surface area contributed by atoms with E-state index in [0.717, 1.165) is 18.8 Å². The topological polar surface area (TPSA) is 67.1 Å². The number of likely N-dealkylation sites (N-methyl/N-ethyl adjacent to an activating group) is 1. The lowest BCUT2D eigenvalue weighted by Gasteiger charge is -2.20. The van der Waals surface area contributed by atoms with E-state index in [1.54, 1.807) is 6.07 Å². The molecular formula is C12H21N5S. The van der Waals surface area contributed by atoms with Crippen LogP contribution in [0.3, 0.4) is 0 Å². The molecular weight excluding hydrogens is 246 g/mol. The molecule has 0 radical (unpaired) electrons. The van der Waals surface area contributed by atoms with Gasteiger partial charge in [-0.15, -0.1) is 0 Å². The molecule has 0 aromatic carbocycles. The van der Waals surface area contributed by atoms with Crippen molar-refractivity contribution in [2.75, 3.05) is 25.5 Å². The molecule has 6 heteroatoms. The highest BCUT2D eigenvalue weighted by Gasteiger charge is 2.05. The quantitative estimate of drug-likeness (QED) is 0.754. The molecule has 0 aliphatic heterocycles. The van der Waals surface area contributed by atoms with Gasteiger partial charge < -0.3 is 16.0 Å². The fourth-order valence-corrected chi connectivity index (χ4v) is 1.48. The Bertz CT molecular complexity index is 419. The maximum atomic E-state index is 5.57. The molecule has 1 heterocycles. The minimum atomic E-state index is 0.294. The minimum Gasteiger partial charge on any atom is -0.388 e. The molecule has 0 saturated heterocycles. The summed E-state index contributed by atoms with van der Waals surface area (Å²) in [7, 11) is 2.09. The summed E-state index contributed by atoms with van der Waals surface area (Å²) in [5.74, 6) is 0.579. The predicted octanol–water partition coefficient (Wildman–Crippen LogP) is 1.17. The van der Waals surface area contributed by atoms with Crippen LogP contribution in [0.25, 0.3) is 0 Å². The van der Waals surface area contributed by atoms with Crippen LogP contribution in [0.5, 0.6) is 0 Å². The lowest BCUT2D eigenvalue weighted by atomic mass is 10.3. The Morgan fingerprint density at radius 1 is 1.50 bits per heavy atom. The van der Waals surface area contributed by atoms with Gasteiger partial charge >= 0.3 is 0 Å². The predicted molar refractivity (Wildman–Crippen MR) is 78.9 cm³/mol. The summed E-state index contributed by atoms with van der Waals surface area (Å²) < 4.78 is 0. The number of aryl methyl sites for hydroxylation is 1. The molecule has 100 valence electrons. The molecule has 1 aromatic heterocycles. The van der Waals surface area contributed by atoms with Gasteiger partial charge in [0.15, 0.2) is 0 Å². The zero-order chi connectivity index (χ0) is 13.7. The van der Waals surface area contributed by atoms with Crippen LogP contribution in [-0.4, -0.2) is 46.0 Å². The molecule has 0 spiro atoms. The Kier molecular flexibility index (Phi) is 5.43. The molecule has 0 fully saturated rings. The fraction of sp³-hybridized carbons (Fsp3) is 0.583. The van der Waals surface area contributed by atoms with Gasteiger partial charge in [0.2, 0.25) is 5.95 Å². The number of nitrogens with one attached hydrogen (secondary N) is 1. The lowest BCUT2D eigenvalue weighted by Crippen LogP contribution is -2.31. The number of anilines is 1. The summed E-state index contributed by atoms with van der Waals surface area (Å²) in [5, 5.41) is 3.19. The second kappa shape index (κ2) is 6.61. The first kappa shape index (κ1) is 14.8. The van der Waals surface area contributed by atoms with Crippen LogP contribution in [0.15, 0.2) is 6.07 Å². The Hall–Kier alpha value is -1.27. The van der Waals surface area contributed by atoms with Gasteiger partial charge in [-0.1, -0.05) is 12.2 Å². The zero-order valence-corrected chi connectivity index (χ0v) is 12.2. The van der Waals surface area contributed by atoms with Gasteiger partial charge in [0.1, 0.15) is 10.7 Å². The standard InChI is InChI=1S/C12H21N5S/c1-8(2)17(4)6-5-14-12-15-9(3)7-10(16-12)11(13)18/h7-8H,5-6H2,1-4H3,(H2,13,18)(H,14,15,16). The number of hydrogen-bond acceptors (Lipinski definition) is 5. The monoisotopic (exact) mass is 267 g/mol. The Morgan fingerprint density at radius 3 is 2.72 bits per heavy atom. The average Bonchev–Trinajstić information content (AvgIpc) is 2.27. The third-order valence-corrected chi connectivity index (χ3v) is 2.94. The van der Waals surface area contributed by atoms with Gasteiger partial charge in [0.05, 0.1) is 0 Å². The normalized spacial score (nSPS) is 11.0. The Morgan fingerprint density at radius 2 is 2.17 bits per heavy atom. The van der Waals surface area contributed by atoms with E-state index in [1.165, 1.54) is 0 Å². The SMILES string of the molecule is Cc1cc(C(N)=S)nc(NCCN(C)C(C)C)n1. The van der Waals surface area contributed by atoms with Crippen molar-refractivity contribution in [2.24, 2.45) is 5.73 Å². The van der Waals surface area contributed by atoms with Crippen LogP contribution in [0, 0.1) is 6.92 Å². The molecule has 1 rings (SSSR count). The van der Waals surface area contributed by atoms with Crippen LogP contribution < -0.4 is 11.1 Å². The van der Waals surface area contributed by atoms with Crippen LogP contribution >= 0.6 is 12.2 Å². The maximum Gasteiger partial charge on any atom is 0.223 e. The van der Waals surface area contributed by atoms with Crippen molar-refractivity contribution < 1.29 is 0 Å². The van der Waals surface area contributed by atoms with Gasteiger partial charge in [0.25, 0.3) is 0 Å². The van der Waals surface area contributed by atoms with Crippen LogP contribution in [0.1, 0.15) is 25.2 Å². The Labute approximate surface area is 114 Å². The molecule has 0 aliphatic carbocycles. The molecule has 0 saturated carbocycles. The molecule has 1 aromatic rings. The summed E-state index contributed by atoms with van der Waals surface area (Å²) in [6, 6.07) is 2.31. The van der Waals surface area contributed by atoms with E-state index >= 15 is 0 Å². The van der Waals surface area contributed by atoms with Crippen molar-refractivity contribution in [3.63, 3.8) is 0 Å². The van der Waals surface area contributed by atoms with Gasteiger partial charge in [-0.05, 0) is 33.9 Å². The first-order valence-electron chi connectivity index (χ1n) is 5.99. The van der Waals surface area contributed by atoms with Crippen LogP contribution in [0.4, 0.5) is 5.95 Å². The summed E-state index contributed by atoms with van der Waals surface area (Å²) in [6.45, 7) is 7.93. The van der Waals surface area contributed by atoms with E-state index in [9.17, 15) is 0 Å². The highest BCUT2D eigenvalue weighted by Crippen LogP contribution is 2.04. The number of hydrogen-bond donors (Lipinski definition) is 2. The average molecular weight is 267 g/mol. The second-order valence-corrected chi connectivity index (χ2v) is 5.02. The first-order chi connectivity index (χ1) is 8.40. The maximum absolute atomic E-state index is 5.57. The number of aromatic nitrogens is 2. The molecule has 0 unspecified atom stereocenters. The number of nitrogens with zero attached hydrogens (tertiary/aromatic N) is 3. The molecule has 5 nitrogen and oxygen atoms in total. The minimum absolute atomic E-state index is 0.294. The van der Waals surface area contributed by atoms with Crippen molar-refractivity contribution in [1.29, 1.82) is 0 Å². The van der Waals surface area contributed by atoms with Crippen LogP contribution in [-0.2, 0) is 0 Å².